The van der Waals surface area contributed by atoms with Gasteiger partial charge in [0.15, 0.2) is 0 Å². The van der Waals surface area contributed by atoms with E-state index in [1.165, 1.54) is 50.2 Å². The molecule has 0 saturated carbocycles. The van der Waals surface area contributed by atoms with Gasteiger partial charge in [0.2, 0.25) is 0 Å². The molecule has 2 aliphatic rings. The van der Waals surface area contributed by atoms with E-state index in [1.54, 1.807) is 0 Å². The third-order valence-corrected chi connectivity index (χ3v) is 13.1. The van der Waals surface area contributed by atoms with Crippen molar-refractivity contribution in [3.8, 4) is 11.1 Å². The fraction of sp³-hybridized carbons (Fsp3) is 0.159. The number of benzene rings is 5. The van der Waals surface area contributed by atoms with Gasteiger partial charge in [-0.2, -0.15) is 0 Å². The summed E-state index contributed by atoms with van der Waals surface area (Å²) in [6.45, 7) is 28.5. The number of aliphatic imine (C=N–C) groups is 1. The van der Waals surface area contributed by atoms with E-state index < -0.39 is 0 Å². The number of hydrogen-bond donors (Lipinski definition) is 0. The van der Waals surface area contributed by atoms with Crippen LogP contribution in [0.2, 0.25) is 0 Å². The third-order valence-electron chi connectivity index (χ3n) is 13.1. The van der Waals surface area contributed by atoms with Crippen LogP contribution >= 0.6 is 0 Å². The second-order valence-electron chi connectivity index (χ2n) is 17.5. The lowest BCUT2D eigenvalue weighted by Crippen LogP contribution is -2.41. The van der Waals surface area contributed by atoms with Crippen molar-refractivity contribution < 1.29 is 0 Å². The van der Waals surface area contributed by atoms with Crippen molar-refractivity contribution in [3.05, 3.63) is 252 Å². The fourth-order valence-corrected chi connectivity index (χ4v) is 9.78. The van der Waals surface area contributed by atoms with Crippen LogP contribution in [-0.2, 0) is 18.3 Å². The van der Waals surface area contributed by atoms with Crippen LogP contribution in [0.25, 0.3) is 51.7 Å². The lowest BCUT2D eigenvalue weighted by Gasteiger charge is -2.45. The van der Waals surface area contributed by atoms with Crippen molar-refractivity contribution >= 4 is 51.9 Å². The molecule has 8 rings (SSSR count). The van der Waals surface area contributed by atoms with Gasteiger partial charge in [0.1, 0.15) is 5.82 Å². The van der Waals surface area contributed by atoms with Crippen molar-refractivity contribution in [1.82, 2.24) is 4.57 Å². The molecule has 0 bridgehead atoms. The first-order chi connectivity index (χ1) is 32.1. The third kappa shape index (κ3) is 8.70. The molecule has 1 atom stereocenters. The van der Waals surface area contributed by atoms with Crippen LogP contribution in [0.4, 0.5) is 5.69 Å². The Kier molecular flexibility index (Phi) is 13.5. The van der Waals surface area contributed by atoms with E-state index in [4.69, 9.17) is 4.99 Å². The zero-order chi connectivity index (χ0) is 46.4. The summed E-state index contributed by atoms with van der Waals surface area (Å²) in [5.41, 5.74) is 17.8. The van der Waals surface area contributed by atoms with E-state index >= 15 is 0 Å². The first kappa shape index (κ1) is 45.1. The summed E-state index contributed by atoms with van der Waals surface area (Å²) in [4.78, 5) is 7.95. The first-order valence-corrected chi connectivity index (χ1v) is 23.2. The molecule has 0 amide bonds. The minimum Gasteiger partial charge on any atom is -0.334 e. The average molecular weight is 860 g/mol. The molecule has 0 radical (unpaired) electrons. The van der Waals surface area contributed by atoms with Gasteiger partial charge in [0, 0.05) is 39.2 Å². The highest BCUT2D eigenvalue weighted by molar-refractivity contribution is 6.05. The highest BCUT2D eigenvalue weighted by Crippen LogP contribution is 2.48. The zero-order valence-corrected chi connectivity index (χ0v) is 39.3. The second kappa shape index (κ2) is 19.7. The van der Waals surface area contributed by atoms with Gasteiger partial charge in [-0.3, -0.25) is 4.57 Å². The molecule has 0 spiro atoms. The van der Waals surface area contributed by atoms with Gasteiger partial charge in [-0.25, -0.2) is 4.99 Å². The first-order valence-electron chi connectivity index (χ1n) is 23.2. The van der Waals surface area contributed by atoms with Crippen molar-refractivity contribution in [1.29, 1.82) is 0 Å². The molecule has 2 heterocycles. The highest BCUT2D eigenvalue weighted by Gasteiger charge is 2.38. The molecule has 0 fully saturated rings. The summed E-state index contributed by atoms with van der Waals surface area (Å²) < 4.78 is 2.36. The van der Waals surface area contributed by atoms with E-state index in [-0.39, 0.29) is 11.5 Å². The van der Waals surface area contributed by atoms with Gasteiger partial charge in [-0.05, 0) is 113 Å². The lowest BCUT2D eigenvalue weighted by atomic mass is 9.72. The Balaban J connectivity index is 1.27. The Morgan fingerprint density at radius 2 is 1.52 bits per heavy atom. The molecule has 5 aromatic carbocycles. The molecule has 3 nitrogen and oxygen atoms in total. The lowest BCUT2D eigenvalue weighted by molar-refractivity contribution is 0.599. The second-order valence-corrected chi connectivity index (χ2v) is 17.5. The van der Waals surface area contributed by atoms with Crippen molar-refractivity contribution in [3.63, 3.8) is 0 Å². The van der Waals surface area contributed by atoms with Crippen molar-refractivity contribution in [2.75, 3.05) is 4.90 Å². The maximum absolute atomic E-state index is 5.48. The standard InChI is InChI=1S/C63H61N3/c1-10-25-53-47(11-2)39-41-59-62(53)54(33-24-26-46-34-40-56-60(43-46)65(52-31-22-17-23-32-52)58(14-5)55(12-3)63(56,8)9)57(13-4)66(59)61(64-45(7)49-27-18-15-19-28-49)42-44(6)48-35-37-51(38-36-48)50-29-20-16-21-30-50/h10-12,14-25,27-31,33-43,52H,2-3,5-6,13,26,32H2,1,4,7-9H3/b25-10-,33-24-,61-42+,64-45+. The molecule has 328 valence electrons. The Morgan fingerprint density at radius 1 is 0.788 bits per heavy atom. The van der Waals surface area contributed by atoms with Crippen LogP contribution in [0.5, 0.6) is 0 Å². The van der Waals surface area contributed by atoms with Crippen molar-refractivity contribution in [2.45, 2.75) is 65.3 Å². The van der Waals surface area contributed by atoms with Crippen LogP contribution in [0.15, 0.2) is 213 Å². The quantitative estimate of drug-likeness (QED) is 0.0744. The maximum Gasteiger partial charge on any atom is 0.138 e. The Bertz CT molecular complexity index is 3040. The Hall–Kier alpha value is -7.49. The molecule has 1 unspecified atom stereocenters. The Morgan fingerprint density at radius 3 is 2.17 bits per heavy atom. The van der Waals surface area contributed by atoms with Crippen LogP contribution in [0.3, 0.4) is 0 Å². The number of hydrogen-bond acceptors (Lipinski definition) is 2. The number of anilines is 1. The fourth-order valence-electron chi connectivity index (χ4n) is 9.78. The molecular weight excluding hydrogens is 799 g/mol. The smallest absolute Gasteiger partial charge is 0.138 e. The summed E-state index contributed by atoms with van der Waals surface area (Å²) in [7, 11) is 0. The van der Waals surface area contributed by atoms with Crippen molar-refractivity contribution in [2.24, 2.45) is 4.99 Å². The predicted octanol–water partition coefficient (Wildman–Crippen LogP) is 16.4. The van der Waals surface area contributed by atoms with Gasteiger partial charge in [0.25, 0.3) is 0 Å². The molecule has 1 aliphatic carbocycles. The molecule has 3 heteroatoms. The molecule has 66 heavy (non-hydrogen) atoms. The molecule has 0 N–H and O–H groups in total. The van der Waals surface area contributed by atoms with Gasteiger partial charge >= 0.3 is 0 Å². The van der Waals surface area contributed by atoms with Crippen LogP contribution < -0.4 is 4.90 Å². The van der Waals surface area contributed by atoms with Crippen LogP contribution in [0, 0.1) is 0 Å². The summed E-state index contributed by atoms with van der Waals surface area (Å²) in [6.07, 6.45) is 28.4. The maximum atomic E-state index is 5.48. The molecule has 1 aliphatic heterocycles. The monoisotopic (exact) mass is 859 g/mol. The molecule has 0 saturated heterocycles. The minimum atomic E-state index is -0.229. The summed E-state index contributed by atoms with van der Waals surface area (Å²) >= 11 is 0. The summed E-state index contributed by atoms with van der Waals surface area (Å²) in [5, 5.41) is 1.17. The van der Waals surface area contributed by atoms with Crippen LogP contribution in [-0.4, -0.2) is 16.3 Å². The topological polar surface area (TPSA) is 20.5 Å². The van der Waals surface area contributed by atoms with Gasteiger partial charge in [-0.1, -0.05) is 211 Å². The summed E-state index contributed by atoms with van der Waals surface area (Å²) in [5.74, 6) is 0.807. The molecular formula is C63H61N3. The summed E-state index contributed by atoms with van der Waals surface area (Å²) in [6, 6.07) is 41.2. The zero-order valence-electron chi connectivity index (χ0n) is 39.3. The van der Waals surface area contributed by atoms with E-state index in [1.807, 2.05) is 30.4 Å². The highest BCUT2D eigenvalue weighted by atomic mass is 15.2. The molecule has 6 aromatic rings. The van der Waals surface area contributed by atoms with Crippen LogP contribution in [0.1, 0.15) is 85.7 Å². The Labute approximate surface area is 393 Å². The number of fused-ring (bicyclic) bond motifs is 2. The number of aromatic nitrogens is 1. The predicted molar refractivity (Wildman–Crippen MR) is 289 cm³/mol. The van der Waals surface area contributed by atoms with E-state index in [0.29, 0.717) is 0 Å². The van der Waals surface area contributed by atoms with Gasteiger partial charge in [-0.15, -0.1) is 0 Å². The van der Waals surface area contributed by atoms with Gasteiger partial charge in [0.05, 0.1) is 11.6 Å². The molecule has 1 aromatic heterocycles. The normalized spacial score (nSPS) is 16.1. The largest absolute Gasteiger partial charge is 0.334 e. The number of nitrogens with zero attached hydrogens (tertiary/aromatic N) is 3. The number of allylic oxidation sites excluding steroid dienone is 9. The van der Waals surface area contributed by atoms with Gasteiger partial charge < -0.3 is 4.90 Å². The average Bonchev–Trinajstić information content (AvgIpc) is 3.67. The van der Waals surface area contributed by atoms with E-state index in [9.17, 15) is 0 Å². The van der Waals surface area contributed by atoms with E-state index in [0.717, 1.165) is 69.8 Å². The van der Waals surface area contributed by atoms with E-state index in [2.05, 4.69) is 228 Å². The SMILES string of the molecule is C=CC1=C(C=C)C(C)(C)c2ccc(C/C=C\c3c(CC)n(C(=C/C(=C)c4ccc(-c5ccccc5)cc4)/N=C(\C)c4ccccc4)c4ccc(C=C)c(/C=C\C)c34)cc2N1C1C=CC=CC1. The number of rotatable bonds is 15. The minimum absolute atomic E-state index is 0.182.